The zero-order chi connectivity index (χ0) is 14.8. The SMILES string of the molecule is CC(C)Cn1c(C2CCCC2)nc(C2CCOCC2)c1N. The van der Waals surface area contributed by atoms with Gasteiger partial charge in [-0.25, -0.2) is 4.98 Å². The summed E-state index contributed by atoms with van der Waals surface area (Å²) in [6.45, 7) is 7.20. The highest BCUT2D eigenvalue weighted by molar-refractivity contribution is 5.42. The zero-order valence-corrected chi connectivity index (χ0v) is 13.5. The Kier molecular flexibility index (Phi) is 4.53. The van der Waals surface area contributed by atoms with E-state index in [1.807, 2.05) is 0 Å². The number of anilines is 1. The molecule has 1 aromatic rings. The van der Waals surface area contributed by atoms with Gasteiger partial charge in [0.05, 0.1) is 5.69 Å². The second kappa shape index (κ2) is 6.39. The van der Waals surface area contributed by atoms with Crippen LogP contribution in [0.3, 0.4) is 0 Å². The van der Waals surface area contributed by atoms with Crippen molar-refractivity contribution in [1.82, 2.24) is 9.55 Å². The van der Waals surface area contributed by atoms with Crippen molar-refractivity contribution in [3.63, 3.8) is 0 Å². The molecular weight excluding hydrogens is 262 g/mol. The Morgan fingerprint density at radius 1 is 1.14 bits per heavy atom. The lowest BCUT2D eigenvalue weighted by Gasteiger charge is -2.21. The predicted octanol–water partition coefficient (Wildman–Crippen LogP) is 3.67. The lowest BCUT2D eigenvalue weighted by atomic mass is 9.96. The van der Waals surface area contributed by atoms with E-state index >= 15 is 0 Å². The average molecular weight is 291 g/mol. The van der Waals surface area contributed by atoms with E-state index in [0.717, 1.165) is 44.1 Å². The molecule has 0 bridgehead atoms. The molecule has 4 nitrogen and oxygen atoms in total. The van der Waals surface area contributed by atoms with Gasteiger partial charge in [-0.2, -0.15) is 0 Å². The van der Waals surface area contributed by atoms with Crippen molar-refractivity contribution >= 4 is 5.82 Å². The Labute approximate surface area is 128 Å². The second-order valence-electron chi connectivity index (χ2n) is 7.11. The number of hydrogen-bond acceptors (Lipinski definition) is 3. The Hall–Kier alpha value is -1.03. The van der Waals surface area contributed by atoms with E-state index in [0.29, 0.717) is 17.8 Å². The van der Waals surface area contributed by atoms with Gasteiger partial charge in [0.1, 0.15) is 11.6 Å². The molecule has 2 heterocycles. The molecule has 0 amide bonds. The first kappa shape index (κ1) is 14.9. The van der Waals surface area contributed by atoms with E-state index < -0.39 is 0 Å². The Balaban J connectivity index is 1.92. The van der Waals surface area contributed by atoms with Gasteiger partial charge in [0.25, 0.3) is 0 Å². The largest absolute Gasteiger partial charge is 0.384 e. The van der Waals surface area contributed by atoms with Crippen LogP contribution in [0.2, 0.25) is 0 Å². The summed E-state index contributed by atoms with van der Waals surface area (Å²) in [5.74, 6) is 3.91. The standard InChI is InChI=1S/C17H29N3O/c1-12(2)11-20-16(18)15(13-7-9-21-10-8-13)19-17(20)14-5-3-4-6-14/h12-14H,3-11,18H2,1-2H3. The third-order valence-electron chi connectivity index (χ3n) is 4.94. The summed E-state index contributed by atoms with van der Waals surface area (Å²) in [7, 11) is 0. The van der Waals surface area contributed by atoms with Crippen LogP contribution in [0.1, 0.15) is 75.7 Å². The van der Waals surface area contributed by atoms with Crippen molar-refractivity contribution in [2.75, 3.05) is 18.9 Å². The van der Waals surface area contributed by atoms with Gasteiger partial charge in [-0.05, 0) is 31.6 Å². The van der Waals surface area contributed by atoms with Crippen molar-refractivity contribution in [1.29, 1.82) is 0 Å². The number of nitrogen functional groups attached to an aromatic ring is 1. The summed E-state index contributed by atoms with van der Waals surface area (Å²) in [6, 6.07) is 0. The number of rotatable bonds is 4. The maximum absolute atomic E-state index is 6.51. The minimum Gasteiger partial charge on any atom is -0.384 e. The number of aromatic nitrogens is 2. The monoisotopic (exact) mass is 291 g/mol. The van der Waals surface area contributed by atoms with Crippen molar-refractivity contribution in [2.24, 2.45) is 5.92 Å². The van der Waals surface area contributed by atoms with Crippen LogP contribution < -0.4 is 5.73 Å². The molecule has 118 valence electrons. The molecule has 0 aromatic carbocycles. The lowest BCUT2D eigenvalue weighted by Crippen LogP contribution is -2.16. The maximum atomic E-state index is 6.51. The maximum Gasteiger partial charge on any atom is 0.127 e. The van der Waals surface area contributed by atoms with E-state index in [4.69, 9.17) is 15.5 Å². The molecule has 0 unspecified atom stereocenters. The molecule has 0 radical (unpaired) electrons. The number of imidazole rings is 1. The van der Waals surface area contributed by atoms with Gasteiger partial charge in [-0.3, -0.25) is 0 Å². The molecule has 1 saturated carbocycles. The lowest BCUT2D eigenvalue weighted by molar-refractivity contribution is 0.0847. The molecule has 21 heavy (non-hydrogen) atoms. The summed E-state index contributed by atoms with van der Waals surface area (Å²) in [4.78, 5) is 5.05. The fourth-order valence-electron chi connectivity index (χ4n) is 3.83. The van der Waals surface area contributed by atoms with E-state index in [9.17, 15) is 0 Å². The molecule has 0 atom stereocenters. The Morgan fingerprint density at radius 3 is 2.43 bits per heavy atom. The molecule has 2 aliphatic rings. The van der Waals surface area contributed by atoms with Crippen LogP contribution in [0.15, 0.2) is 0 Å². The Bertz CT molecular complexity index is 469. The molecule has 4 heteroatoms. The van der Waals surface area contributed by atoms with E-state index in [-0.39, 0.29) is 0 Å². The minimum absolute atomic E-state index is 0.493. The first-order valence-electron chi connectivity index (χ1n) is 8.60. The molecule has 2 fully saturated rings. The van der Waals surface area contributed by atoms with Crippen LogP contribution in [0.25, 0.3) is 0 Å². The molecule has 1 aliphatic heterocycles. The van der Waals surface area contributed by atoms with Crippen molar-refractivity contribution in [2.45, 2.75) is 70.8 Å². The molecule has 1 aromatic heterocycles. The van der Waals surface area contributed by atoms with Crippen LogP contribution in [0.5, 0.6) is 0 Å². The topological polar surface area (TPSA) is 53.1 Å². The van der Waals surface area contributed by atoms with Crippen LogP contribution in [0.4, 0.5) is 5.82 Å². The highest BCUT2D eigenvalue weighted by Gasteiger charge is 2.29. The van der Waals surface area contributed by atoms with Crippen molar-refractivity contribution < 1.29 is 4.74 Å². The first-order chi connectivity index (χ1) is 10.2. The highest BCUT2D eigenvalue weighted by Crippen LogP contribution is 2.38. The predicted molar refractivity (Wildman–Crippen MR) is 85.5 cm³/mol. The molecule has 2 N–H and O–H groups in total. The second-order valence-corrected chi connectivity index (χ2v) is 7.11. The third kappa shape index (κ3) is 3.10. The van der Waals surface area contributed by atoms with Crippen molar-refractivity contribution in [3.05, 3.63) is 11.5 Å². The van der Waals surface area contributed by atoms with Gasteiger partial charge in [0.15, 0.2) is 0 Å². The van der Waals surface area contributed by atoms with Crippen LogP contribution in [-0.4, -0.2) is 22.8 Å². The molecular formula is C17H29N3O. The fourth-order valence-corrected chi connectivity index (χ4v) is 3.83. The summed E-state index contributed by atoms with van der Waals surface area (Å²) in [5.41, 5.74) is 7.66. The highest BCUT2D eigenvalue weighted by atomic mass is 16.5. The molecule has 1 saturated heterocycles. The van der Waals surface area contributed by atoms with Crippen LogP contribution >= 0.6 is 0 Å². The summed E-state index contributed by atoms with van der Waals surface area (Å²) in [5, 5.41) is 0. The van der Waals surface area contributed by atoms with Crippen molar-refractivity contribution in [3.8, 4) is 0 Å². The van der Waals surface area contributed by atoms with Crippen LogP contribution in [-0.2, 0) is 11.3 Å². The van der Waals surface area contributed by atoms with Gasteiger partial charge in [-0.1, -0.05) is 26.7 Å². The van der Waals surface area contributed by atoms with Crippen LogP contribution in [0, 0.1) is 5.92 Å². The Morgan fingerprint density at radius 2 is 1.81 bits per heavy atom. The normalized spacial score (nSPS) is 21.5. The fraction of sp³-hybridized carbons (Fsp3) is 0.824. The summed E-state index contributed by atoms with van der Waals surface area (Å²) in [6.07, 6.45) is 7.36. The first-order valence-corrected chi connectivity index (χ1v) is 8.60. The van der Waals surface area contributed by atoms with Gasteiger partial charge < -0.3 is 15.0 Å². The van der Waals surface area contributed by atoms with E-state index in [2.05, 4.69) is 18.4 Å². The quantitative estimate of drug-likeness (QED) is 0.920. The number of ether oxygens (including phenoxy) is 1. The number of nitrogens with zero attached hydrogens (tertiary/aromatic N) is 2. The smallest absolute Gasteiger partial charge is 0.127 e. The molecule has 3 rings (SSSR count). The van der Waals surface area contributed by atoms with Gasteiger partial charge in [-0.15, -0.1) is 0 Å². The van der Waals surface area contributed by atoms with Gasteiger partial charge in [0.2, 0.25) is 0 Å². The van der Waals surface area contributed by atoms with Gasteiger partial charge >= 0.3 is 0 Å². The van der Waals surface area contributed by atoms with E-state index in [1.165, 1.54) is 31.5 Å². The van der Waals surface area contributed by atoms with E-state index in [1.54, 1.807) is 0 Å². The zero-order valence-electron chi connectivity index (χ0n) is 13.5. The third-order valence-corrected chi connectivity index (χ3v) is 4.94. The van der Waals surface area contributed by atoms with Gasteiger partial charge in [0, 0.05) is 31.6 Å². The number of nitrogens with two attached hydrogens (primary N) is 1. The number of hydrogen-bond donors (Lipinski definition) is 1. The summed E-state index contributed by atoms with van der Waals surface area (Å²) < 4.78 is 7.81. The minimum atomic E-state index is 0.493. The molecule has 1 aliphatic carbocycles. The summed E-state index contributed by atoms with van der Waals surface area (Å²) >= 11 is 0. The average Bonchev–Trinajstić information content (AvgIpc) is 3.09. The molecule has 0 spiro atoms.